The van der Waals surface area contributed by atoms with Crippen LogP contribution in [0.4, 0.5) is 5.69 Å². The van der Waals surface area contributed by atoms with Crippen LogP contribution >= 0.6 is 0 Å². The molecule has 0 aliphatic carbocycles. The first-order chi connectivity index (χ1) is 11.6. The molecule has 2 heterocycles. The summed E-state index contributed by atoms with van der Waals surface area (Å²) >= 11 is 0. The summed E-state index contributed by atoms with van der Waals surface area (Å²) in [7, 11) is 0. The predicted molar refractivity (Wildman–Crippen MR) is 88.8 cm³/mol. The van der Waals surface area contributed by atoms with Gasteiger partial charge in [-0.3, -0.25) is 19.5 Å². The fourth-order valence-corrected chi connectivity index (χ4v) is 2.36. The molecule has 0 spiro atoms. The van der Waals surface area contributed by atoms with Gasteiger partial charge < -0.3 is 5.32 Å². The Morgan fingerprint density at radius 1 is 1.21 bits per heavy atom. The lowest BCUT2D eigenvalue weighted by molar-refractivity contribution is -0.116. The molecular weight excluding hydrogens is 310 g/mol. The summed E-state index contributed by atoms with van der Waals surface area (Å²) in [6, 6.07) is 8.21. The lowest BCUT2D eigenvalue weighted by Crippen LogP contribution is -2.31. The molecule has 0 aliphatic heterocycles. The number of anilines is 1. The van der Waals surface area contributed by atoms with E-state index >= 15 is 0 Å². The van der Waals surface area contributed by atoms with Gasteiger partial charge in [0.25, 0.3) is 11.1 Å². The Morgan fingerprint density at radius 2 is 1.96 bits per heavy atom. The predicted octanol–water partition coefficient (Wildman–Crippen LogP) is 0.817. The highest BCUT2D eigenvalue weighted by molar-refractivity contribution is 5.91. The maximum absolute atomic E-state index is 12.3. The second-order valence-corrected chi connectivity index (χ2v) is 5.27. The van der Waals surface area contributed by atoms with Gasteiger partial charge in [-0.25, -0.2) is 4.68 Å². The van der Waals surface area contributed by atoms with Crippen molar-refractivity contribution >= 4 is 22.4 Å². The minimum absolute atomic E-state index is 0.0376. The van der Waals surface area contributed by atoms with Gasteiger partial charge in [-0.05, 0) is 25.1 Å². The Hall–Kier alpha value is -3.29. The van der Waals surface area contributed by atoms with E-state index in [0.29, 0.717) is 22.2 Å². The average molecular weight is 325 g/mol. The van der Waals surface area contributed by atoms with Crippen LogP contribution in [0.2, 0.25) is 0 Å². The van der Waals surface area contributed by atoms with Crippen molar-refractivity contribution in [2.24, 2.45) is 0 Å². The molecule has 2 aromatic heterocycles. The first kappa shape index (κ1) is 15.6. The van der Waals surface area contributed by atoms with E-state index in [1.807, 2.05) is 0 Å². The van der Waals surface area contributed by atoms with Gasteiger partial charge in [-0.15, -0.1) is 0 Å². The van der Waals surface area contributed by atoms with Gasteiger partial charge in [-0.1, -0.05) is 12.1 Å². The maximum atomic E-state index is 12.3. The highest BCUT2D eigenvalue weighted by Gasteiger charge is 2.09. The topological polar surface area (TPSA) is 110 Å². The van der Waals surface area contributed by atoms with Gasteiger partial charge in [0, 0.05) is 6.42 Å². The molecule has 24 heavy (non-hydrogen) atoms. The molecule has 8 heteroatoms. The zero-order valence-corrected chi connectivity index (χ0v) is 12.9. The molecule has 0 atom stereocenters. The zero-order valence-electron chi connectivity index (χ0n) is 12.9. The first-order valence-electron chi connectivity index (χ1n) is 7.36. The fourth-order valence-electron chi connectivity index (χ4n) is 2.36. The van der Waals surface area contributed by atoms with Gasteiger partial charge >= 0.3 is 0 Å². The van der Waals surface area contributed by atoms with Crippen molar-refractivity contribution in [1.29, 1.82) is 0 Å². The molecule has 0 unspecified atom stereocenters. The van der Waals surface area contributed by atoms with E-state index in [2.05, 4.69) is 20.6 Å². The number of nitrogens with zero attached hydrogens (tertiary/aromatic N) is 3. The number of amides is 1. The van der Waals surface area contributed by atoms with E-state index < -0.39 is 0 Å². The Balaban J connectivity index is 1.78. The lowest BCUT2D eigenvalue weighted by atomic mass is 10.2. The lowest BCUT2D eigenvalue weighted by Gasteiger charge is -2.09. The number of aryl methyl sites for hydroxylation is 2. The summed E-state index contributed by atoms with van der Waals surface area (Å²) in [4.78, 5) is 36.4. The van der Waals surface area contributed by atoms with Crippen LogP contribution in [0.3, 0.4) is 0 Å². The van der Waals surface area contributed by atoms with Crippen LogP contribution in [-0.2, 0) is 11.3 Å². The van der Waals surface area contributed by atoms with Crippen LogP contribution in [0.5, 0.6) is 0 Å². The maximum Gasteiger partial charge on any atom is 0.273 e. The van der Waals surface area contributed by atoms with Crippen LogP contribution in [0.1, 0.15) is 12.1 Å². The van der Waals surface area contributed by atoms with Crippen LogP contribution in [-0.4, -0.2) is 25.9 Å². The number of nitrogens with one attached hydrogen (secondary N) is 2. The Kier molecular flexibility index (Phi) is 4.19. The van der Waals surface area contributed by atoms with Crippen molar-refractivity contribution in [2.75, 3.05) is 5.32 Å². The zero-order chi connectivity index (χ0) is 17.1. The number of hydrogen-bond donors (Lipinski definition) is 2. The molecule has 1 amide bonds. The van der Waals surface area contributed by atoms with Crippen LogP contribution in [0.25, 0.3) is 10.8 Å². The van der Waals surface area contributed by atoms with Crippen molar-refractivity contribution < 1.29 is 4.79 Å². The normalized spacial score (nSPS) is 10.7. The van der Waals surface area contributed by atoms with Gasteiger partial charge in [-0.2, -0.15) is 10.2 Å². The minimum Gasteiger partial charge on any atom is -0.324 e. The Morgan fingerprint density at radius 3 is 2.71 bits per heavy atom. The van der Waals surface area contributed by atoms with Gasteiger partial charge in [0.15, 0.2) is 0 Å². The number of rotatable bonds is 4. The van der Waals surface area contributed by atoms with Crippen LogP contribution < -0.4 is 16.4 Å². The monoisotopic (exact) mass is 325 g/mol. The minimum atomic E-state index is -0.361. The van der Waals surface area contributed by atoms with E-state index in [-0.39, 0.29) is 30.0 Å². The number of carbonyl (C=O) groups excluding carboxylic acids is 1. The van der Waals surface area contributed by atoms with Crippen LogP contribution in [0.15, 0.2) is 46.1 Å². The molecule has 122 valence electrons. The molecule has 3 aromatic rings. The van der Waals surface area contributed by atoms with Gasteiger partial charge in [0.2, 0.25) is 5.91 Å². The number of aromatic nitrogens is 4. The molecule has 0 fully saturated rings. The molecule has 0 bridgehead atoms. The third-order valence-electron chi connectivity index (χ3n) is 3.63. The highest BCUT2D eigenvalue weighted by Crippen LogP contribution is 2.09. The van der Waals surface area contributed by atoms with Crippen molar-refractivity contribution in [3.63, 3.8) is 0 Å². The SMILES string of the molecule is Cc1nnccc1NC(=O)CCn1[nH]c(=O)c2ccccc2c1=O. The molecule has 1 aromatic carbocycles. The number of carbonyl (C=O) groups is 1. The molecule has 8 nitrogen and oxygen atoms in total. The summed E-state index contributed by atoms with van der Waals surface area (Å²) in [5.74, 6) is -0.285. The highest BCUT2D eigenvalue weighted by atomic mass is 16.2. The number of hydrogen-bond acceptors (Lipinski definition) is 5. The Bertz CT molecular complexity index is 1020. The van der Waals surface area contributed by atoms with Crippen molar-refractivity contribution in [1.82, 2.24) is 20.0 Å². The number of aromatic amines is 1. The van der Waals surface area contributed by atoms with E-state index in [1.54, 1.807) is 37.3 Å². The summed E-state index contributed by atoms with van der Waals surface area (Å²) in [6.07, 6.45) is 1.52. The second kappa shape index (κ2) is 6.45. The van der Waals surface area contributed by atoms with E-state index in [4.69, 9.17) is 0 Å². The first-order valence-corrected chi connectivity index (χ1v) is 7.36. The molecule has 2 N–H and O–H groups in total. The second-order valence-electron chi connectivity index (χ2n) is 5.27. The van der Waals surface area contributed by atoms with E-state index in [1.165, 1.54) is 6.20 Å². The smallest absolute Gasteiger partial charge is 0.273 e. The quantitative estimate of drug-likeness (QED) is 0.738. The Labute approximate surface area is 136 Å². The van der Waals surface area contributed by atoms with Crippen LogP contribution in [0, 0.1) is 6.92 Å². The molecular formula is C16H15N5O3. The summed E-state index contributed by atoms with van der Waals surface area (Å²) < 4.78 is 1.15. The summed E-state index contributed by atoms with van der Waals surface area (Å²) in [5.41, 5.74) is 0.469. The number of fused-ring (bicyclic) bond motifs is 1. The fraction of sp³-hybridized carbons (Fsp3) is 0.188. The van der Waals surface area contributed by atoms with Crippen molar-refractivity contribution in [3.8, 4) is 0 Å². The largest absolute Gasteiger partial charge is 0.324 e. The summed E-state index contributed by atoms with van der Waals surface area (Å²) in [6.45, 7) is 1.80. The van der Waals surface area contributed by atoms with Crippen molar-refractivity contribution in [2.45, 2.75) is 19.9 Å². The van der Waals surface area contributed by atoms with Gasteiger partial charge in [0.1, 0.15) is 0 Å². The average Bonchev–Trinajstić information content (AvgIpc) is 2.59. The van der Waals surface area contributed by atoms with E-state index in [9.17, 15) is 14.4 Å². The molecule has 0 radical (unpaired) electrons. The standard InChI is InChI=1S/C16H15N5O3/c1-10-13(6-8-17-19-10)18-14(22)7-9-21-16(24)12-5-3-2-4-11(12)15(23)20-21/h2-6,8H,7,9H2,1H3,(H,20,23)(H,17,18,22). The molecule has 0 saturated heterocycles. The summed E-state index contributed by atoms with van der Waals surface area (Å²) in [5, 5.41) is 13.4. The number of benzene rings is 1. The third kappa shape index (κ3) is 3.07. The number of H-pyrrole nitrogens is 1. The van der Waals surface area contributed by atoms with E-state index in [0.717, 1.165) is 4.68 Å². The molecule has 0 saturated carbocycles. The van der Waals surface area contributed by atoms with Gasteiger partial charge in [0.05, 0.1) is 34.9 Å². The molecule has 0 aliphatic rings. The third-order valence-corrected chi connectivity index (χ3v) is 3.63. The van der Waals surface area contributed by atoms with Crippen molar-refractivity contribution in [3.05, 3.63) is 62.9 Å². The molecule has 3 rings (SSSR count).